The second-order valence-electron chi connectivity index (χ2n) is 7.44. The maximum Gasteiger partial charge on any atom is 0.255 e. The standard InChI is InChI=1S/C25H25FN2O2/c26-22-7-5-20(6-8-22)3-4-21-13-16-28(25(29)19-21)23-9-11-24(12-10-23)30-18-17-27-14-1-2-15-27/h3-13,16,19H,1-2,14-15,17-18H2/b4-3+. The summed E-state index contributed by atoms with van der Waals surface area (Å²) in [6.07, 6.45) is 8.02. The number of hydrogen-bond donors (Lipinski definition) is 0. The highest BCUT2D eigenvalue weighted by Crippen LogP contribution is 2.16. The first kappa shape index (κ1) is 20.1. The van der Waals surface area contributed by atoms with E-state index in [1.54, 1.807) is 29.0 Å². The van der Waals surface area contributed by atoms with Gasteiger partial charge >= 0.3 is 0 Å². The monoisotopic (exact) mass is 404 g/mol. The van der Waals surface area contributed by atoms with Crippen LogP contribution in [0.5, 0.6) is 5.75 Å². The SMILES string of the molecule is O=c1cc(/C=C/c2ccc(F)cc2)ccn1-c1ccc(OCCN2CCCC2)cc1. The van der Waals surface area contributed by atoms with Crippen LogP contribution in [0.2, 0.25) is 0 Å². The Morgan fingerprint density at radius 3 is 2.30 bits per heavy atom. The van der Waals surface area contributed by atoms with E-state index in [2.05, 4.69) is 4.90 Å². The lowest BCUT2D eigenvalue weighted by Gasteiger charge is -2.15. The molecule has 0 radical (unpaired) electrons. The van der Waals surface area contributed by atoms with Crippen LogP contribution in [-0.4, -0.2) is 35.7 Å². The smallest absolute Gasteiger partial charge is 0.255 e. The summed E-state index contributed by atoms with van der Waals surface area (Å²) >= 11 is 0. The van der Waals surface area contributed by atoms with Gasteiger partial charge in [-0.3, -0.25) is 14.3 Å². The molecular weight excluding hydrogens is 379 g/mol. The number of ether oxygens (including phenoxy) is 1. The molecule has 2 heterocycles. The first-order valence-corrected chi connectivity index (χ1v) is 10.3. The molecule has 0 spiro atoms. The second-order valence-corrected chi connectivity index (χ2v) is 7.44. The number of rotatable bonds is 7. The topological polar surface area (TPSA) is 34.5 Å². The number of halogens is 1. The van der Waals surface area contributed by atoms with Crippen LogP contribution in [0, 0.1) is 5.82 Å². The van der Waals surface area contributed by atoms with Crippen LogP contribution in [0.3, 0.4) is 0 Å². The van der Waals surface area contributed by atoms with Crippen LogP contribution in [0.1, 0.15) is 24.0 Å². The second kappa shape index (κ2) is 9.55. The predicted molar refractivity (Wildman–Crippen MR) is 119 cm³/mol. The first-order valence-electron chi connectivity index (χ1n) is 10.3. The summed E-state index contributed by atoms with van der Waals surface area (Å²) in [5.74, 6) is 0.544. The first-order chi connectivity index (χ1) is 14.7. The summed E-state index contributed by atoms with van der Waals surface area (Å²) in [7, 11) is 0. The minimum Gasteiger partial charge on any atom is -0.492 e. The summed E-state index contributed by atoms with van der Waals surface area (Å²) in [5, 5.41) is 0. The quantitative estimate of drug-likeness (QED) is 0.576. The van der Waals surface area contributed by atoms with Crippen molar-refractivity contribution in [1.29, 1.82) is 0 Å². The summed E-state index contributed by atoms with van der Waals surface area (Å²) in [6.45, 7) is 3.96. The minimum absolute atomic E-state index is 0.112. The molecule has 4 rings (SSSR count). The van der Waals surface area contributed by atoms with Crippen molar-refractivity contribution in [3.8, 4) is 11.4 Å². The van der Waals surface area contributed by atoms with E-state index in [0.29, 0.717) is 6.61 Å². The Hall–Kier alpha value is -3.18. The molecule has 2 aromatic carbocycles. The van der Waals surface area contributed by atoms with Crippen molar-refractivity contribution in [2.45, 2.75) is 12.8 Å². The fourth-order valence-corrected chi connectivity index (χ4v) is 3.58. The van der Waals surface area contributed by atoms with E-state index in [1.165, 1.54) is 38.1 Å². The van der Waals surface area contributed by atoms with E-state index in [-0.39, 0.29) is 11.4 Å². The fraction of sp³-hybridized carbons (Fsp3) is 0.240. The van der Waals surface area contributed by atoms with Crippen LogP contribution < -0.4 is 10.3 Å². The zero-order chi connectivity index (χ0) is 20.8. The van der Waals surface area contributed by atoms with E-state index in [0.717, 1.165) is 29.1 Å². The van der Waals surface area contributed by atoms with Crippen LogP contribution in [0.15, 0.2) is 71.7 Å². The number of likely N-dealkylation sites (tertiary alicyclic amines) is 1. The van der Waals surface area contributed by atoms with E-state index in [4.69, 9.17) is 4.74 Å². The Bertz CT molecular complexity index is 1050. The van der Waals surface area contributed by atoms with Gasteiger partial charge in [-0.15, -0.1) is 0 Å². The molecule has 0 saturated carbocycles. The molecule has 0 bridgehead atoms. The van der Waals surface area contributed by atoms with Crippen LogP contribution >= 0.6 is 0 Å². The normalized spacial score (nSPS) is 14.4. The fourth-order valence-electron chi connectivity index (χ4n) is 3.58. The Labute approximate surface area is 175 Å². The summed E-state index contributed by atoms with van der Waals surface area (Å²) in [4.78, 5) is 15.0. The lowest BCUT2D eigenvalue weighted by molar-refractivity contribution is 0.238. The average molecular weight is 404 g/mol. The number of pyridine rings is 1. The Kier molecular flexibility index (Phi) is 6.40. The highest BCUT2D eigenvalue weighted by molar-refractivity contribution is 5.69. The van der Waals surface area contributed by atoms with Gasteiger partial charge in [0.2, 0.25) is 0 Å². The van der Waals surface area contributed by atoms with Gasteiger partial charge in [-0.25, -0.2) is 4.39 Å². The number of hydrogen-bond acceptors (Lipinski definition) is 3. The van der Waals surface area contributed by atoms with Crippen molar-refractivity contribution >= 4 is 12.2 Å². The van der Waals surface area contributed by atoms with E-state index in [9.17, 15) is 9.18 Å². The third kappa shape index (κ3) is 5.24. The number of aromatic nitrogens is 1. The van der Waals surface area contributed by atoms with Crippen LogP contribution in [-0.2, 0) is 0 Å². The molecule has 4 nitrogen and oxygen atoms in total. The summed E-state index contributed by atoms with van der Waals surface area (Å²) in [6, 6.07) is 17.3. The molecule has 0 N–H and O–H groups in total. The molecule has 5 heteroatoms. The molecule has 1 saturated heterocycles. The lowest BCUT2D eigenvalue weighted by Crippen LogP contribution is -2.25. The number of nitrogens with zero attached hydrogens (tertiary/aromatic N) is 2. The molecular formula is C25H25FN2O2. The van der Waals surface area contributed by atoms with Gasteiger partial charge < -0.3 is 4.74 Å². The van der Waals surface area contributed by atoms with E-state index < -0.39 is 0 Å². The highest BCUT2D eigenvalue weighted by Gasteiger charge is 2.10. The van der Waals surface area contributed by atoms with Gasteiger partial charge in [-0.2, -0.15) is 0 Å². The van der Waals surface area contributed by atoms with E-state index >= 15 is 0 Å². The zero-order valence-electron chi connectivity index (χ0n) is 16.8. The largest absolute Gasteiger partial charge is 0.492 e. The van der Waals surface area contributed by atoms with Crippen molar-refractivity contribution in [2.24, 2.45) is 0 Å². The van der Waals surface area contributed by atoms with Gasteiger partial charge in [0.05, 0.1) is 0 Å². The molecule has 1 aliphatic rings. The molecule has 0 atom stereocenters. The van der Waals surface area contributed by atoms with Gasteiger partial charge in [-0.1, -0.05) is 24.3 Å². The Morgan fingerprint density at radius 2 is 1.60 bits per heavy atom. The van der Waals surface area contributed by atoms with Crippen molar-refractivity contribution < 1.29 is 9.13 Å². The molecule has 0 aliphatic carbocycles. The number of benzene rings is 2. The van der Waals surface area contributed by atoms with Gasteiger partial charge in [0.1, 0.15) is 18.2 Å². The van der Waals surface area contributed by atoms with Crippen LogP contribution in [0.4, 0.5) is 4.39 Å². The van der Waals surface area contributed by atoms with Crippen molar-refractivity contribution in [3.63, 3.8) is 0 Å². The van der Waals surface area contributed by atoms with E-state index in [1.807, 2.05) is 42.5 Å². The predicted octanol–water partition coefficient (Wildman–Crippen LogP) is 4.62. The van der Waals surface area contributed by atoms with Crippen molar-refractivity contribution in [1.82, 2.24) is 9.47 Å². The van der Waals surface area contributed by atoms with Crippen molar-refractivity contribution in [2.75, 3.05) is 26.2 Å². The lowest BCUT2D eigenvalue weighted by atomic mass is 10.1. The molecule has 3 aromatic rings. The Balaban J connectivity index is 1.38. The van der Waals surface area contributed by atoms with Gasteiger partial charge in [-0.05, 0) is 79.5 Å². The zero-order valence-corrected chi connectivity index (χ0v) is 16.8. The van der Waals surface area contributed by atoms with Crippen LogP contribution in [0.25, 0.3) is 17.8 Å². The molecule has 30 heavy (non-hydrogen) atoms. The van der Waals surface area contributed by atoms with Gasteiger partial charge in [0, 0.05) is 24.5 Å². The van der Waals surface area contributed by atoms with Gasteiger partial charge in [0.15, 0.2) is 0 Å². The molecule has 0 amide bonds. The maximum atomic E-state index is 13.0. The van der Waals surface area contributed by atoms with Crippen molar-refractivity contribution in [3.05, 3.63) is 94.2 Å². The average Bonchev–Trinajstić information content (AvgIpc) is 3.28. The highest BCUT2D eigenvalue weighted by atomic mass is 19.1. The maximum absolute atomic E-state index is 13.0. The molecule has 154 valence electrons. The van der Waals surface area contributed by atoms with Gasteiger partial charge in [0.25, 0.3) is 5.56 Å². The molecule has 1 aliphatic heterocycles. The molecule has 1 aromatic heterocycles. The molecule has 0 unspecified atom stereocenters. The molecule has 1 fully saturated rings. The third-order valence-electron chi connectivity index (χ3n) is 5.27. The Morgan fingerprint density at radius 1 is 0.900 bits per heavy atom. The third-order valence-corrected chi connectivity index (χ3v) is 5.27. The summed E-state index contributed by atoms with van der Waals surface area (Å²) in [5.41, 5.74) is 2.35. The summed E-state index contributed by atoms with van der Waals surface area (Å²) < 4.78 is 20.4. The minimum atomic E-state index is -0.266.